The largest absolute Gasteiger partial charge is 0.345 e. The SMILES string of the molecule is CN(c1ccccc1)c1ccc2c(c1)C(c1ccccc1)(c1ccccc1)c1cc3c(cc1-2)C(c1ccccc1)(c1ccccc1)c1cc(N(c2ccccc2)c2ccccc2-c2ccccc2)ccc1-3. The minimum absolute atomic E-state index is 0.619. The van der Waals surface area contributed by atoms with Crippen molar-refractivity contribution in [3.63, 3.8) is 0 Å². The Morgan fingerprint density at radius 1 is 0.254 bits per heavy atom. The monoisotopic (exact) mass is 906 g/mol. The molecular weight excluding hydrogens is 857 g/mol. The molecule has 2 nitrogen and oxygen atoms in total. The van der Waals surface area contributed by atoms with E-state index in [2.05, 4.69) is 302 Å². The van der Waals surface area contributed by atoms with E-state index in [1.54, 1.807) is 0 Å². The first-order chi connectivity index (χ1) is 35.2. The van der Waals surface area contributed by atoms with Gasteiger partial charge < -0.3 is 9.80 Å². The van der Waals surface area contributed by atoms with Crippen LogP contribution in [0.25, 0.3) is 33.4 Å². The fourth-order valence-electron chi connectivity index (χ4n) is 12.1. The Kier molecular flexibility index (Phi) is 10.2. The summed E-state index contributed by atoms with van der Waals surface area (Å²) in [4.78, 5) is 4.76. The highest BCUT2D eigenvalue weighted by Gasteiger charge is 2.51. The average Bonchev–Trinajstić information content (AvgIpc) is 3.92. The lowest BCUT2D eigenvalue weighted by molar-refractivity contribution is 0.759. The van der Waals surface area contributed by atoms with E-state index in [1.807, 2.05) is 0 Å². The molecule has 0 fully saturated rings. The molecule has 0 aliphatic heterocycles. The maximum Gasteiger partial charge on any atom is 0.0714 e. The first kappa shape index (κ1) is 42.1. The van der Waals surface area contributed by atoms with E-state index < -0.39 is 10.8 Å². The highest BCUT2D eigenvalue weighted by molar-refractivity contribution is 5.97. The average molecular weight is 907 g/mol. The van der Waals surface area contributed by atoms with Gasteiger partial charge >= 0.3 is 0 Å². The van der Waals surface area contributed by atoms with Gasteiger partial charge in [0.05, 0.1) is 16.5 Å². The van der Waals surface area contributed by atoms with Gasteiger partial charge in [0.15, 0.2) is 0 Å². The van der Waals surface area contributed by atoms with Crippen LogP contribution in [-0.4, -0.2) is 7.05 Å². The summed E-state index contributed by atoms with van der Waals surface area (Å²) in [6.07, 6.45) is 0. The predicted octanol–water partition coefficient (Wildman–Crippen LogP) is 17.3. The number of anilines is 5. The zero-order valence-electron chi connectivity index (χ0n) is 39.5. The molecule has 0 unspecified atom stereocenters. The van der Waals surface area contributed by atoms with Gasteiger partial charge in [-0.15, -0.1) is 0 Å². The first-order valence-electron chi connectivity index (χ1n) is 24.6. The van der Waals surface area contributed by atoms with Crippen molar-refractivity contribution in [2.75, 3.05) is 16.8 Å². The first-order valence-corrected chi connectivity index (χ1v) is 24.6. The minimum Gasteiger partial charge on any atom is -0.345 e. The highest BCUT2D eigenvalue weighted by atomic mass is 15.1. The molecule has 2 aliphatic carbocycles. The standard InChI is InChI=1S/C69H50N2/c1-70(54-35-19-7-20-36-54)56-41-43-59-61-47-66-62(48-65(61)68(63(59)45-56,50-27-11-3-12-28-50)51-29-13-4-14-30-51)60-44-42-57(46-64(60)69(66,52-31-15-5-16-32-52)53-33-17-6-18-34-53)71(55-37-21-8-22-38-55)67-40-24-23-39-58(67)49-25-9-2-10-26-49/h2-48H,1H3. The summed E-state index contributed by atoms with van der Waals surface area (Å²) in [5, 5.41) is 0. The third kappa shape index (κ3) is 6.56. The third-order valence-corrected chi connectivity index (χ3v) is 15.2. The molecule has 0 saturated carbocycles. The molecule has 71 heavy (non-hydrogen) atoms. The highest BCUT2D eigenvalue weighted by Crippen LogP contribution is 2.63. The molecule has 2 heteroatoms. The van der Waals surface area contributed by atoms with Crippen LogP contribution in [-0.2, 0) is 10.8 Å². The van der Waals surface area contributed by atoms with Crippen LogP contribution in [0.1, 0.15) is 44.5 Å². The molecule has 0 N–H and O–H groups in total. The van der Waals surface area contributed by atoms with E-state index in [0.29, 0.717) is 0 Å². The van der Waals surface area contributed by atoms with Gasteiger partial charge in [0.2, 0.25) is 0 Å². The molecule has 2 aliphatic rings. The summed E-state index contributed by atoms with van der Waals surface area (Å²) >= 11 is 0. The number of rotatable bonds is 10. The van der Waals surface area contributed by atoms with Gasteiger partial charge in [0, 0.05) is 35.4 Å². The van der Waals surface area contributed by atoms with Crippen LogP contribution in [0.2, 0.25) is 0 Å². The molecule has 0 saturated heterocycles. The van der Waals surface area contributed by atoms with Crippen LogP contribution in [0.4, 0.5) is 28.4 Å². The van der Waals surface area contributed by atoms with E-state index in [1.165, 1.54) is 77.9 Å². The van der Waals surface area contributed by atoms with Gasteiger partial charge in [0.25, 0.3) is 0 Å². The Labute approximate surface area is 417 Å². The van der Waals surface area contributed by atoms with Gasteiger partial charge in [-0.2, -0.15) is 0 Å². The molecule has 0 heterocycles. The fraction of sp³-hybridized carbons (Fsp3) is 0.0435. The van der Waals surface area contributed by atoms with Crippen LogP contribution < -0.4 is 9.80 Å². The molecule has 336 valence electrons. The lowest BCUT2D eigenvalue weighted by Crippen LogP contribution is -2.30. The van der Waals surface area contributed by atoms with Crippen molar-refractivity contribution in [1.29, 1.82) is 0 Å². The van der Waals surface area contributed by atoms with Crippen molar-refractivity contribution in [3.8, 4) is 33.4 Å². The van der Waals surface area contributed by atoms with Crippen molar-refractivity contribution in [2.24, 2.45) is 0 Å². The van der Waals surface area contributed by atoms with Gasteiger partial charge in [-0.05, 0) is 139 Å². The van der Waals surface area contributed by atoms with E-state index in [4.69, 9.17) is 0 Å². The summed E-state index contributed by atoms with van der Waals surface area (Å²) in [6.45, 7) is 0. The number of benzene rings is 11. The molecule has 11 aromatic carbocycles. The molecule has 0 radical (unpaired) electrons. The van der Waals surface area contributed by atoms with Gasteiger partial charge in [0.1, 0.15) is 0 Å². The Morgan fingerprint density at radius 3 is 1.07 bits per heavy atom. The number of para-hydroxylation sites is 3. The van der Waals surface area contributed by atoms with Crippen molar-refractivity contribution in [2.45, 2.75) is 10.8 Å². The van der Waals surface area contributed by atoms with E-state index in [0.717, 1.165) is 28.4 Å². The number of nitrogens with zero attached hydrogens (tertiary/aromatic N) is 2. The summed E-state index contributed by atoms with van der Waals surface area (Å²) in [7, 11) is 2.18. The maximum absolute atomic E-state index is 2.58. The summed E-state index contributed by atoms with van der Waals surface area (Å²) < 4.78 is 0. The topological polar surface area (TPSA) is 6.48 Å². The number of hydrogen-bond acceptors (Lipinski definition) is 2. The lowest BCUT2D eigenvalue weighted by Gasteiger charge is -2.36. The Balaban J connectivity index is 1.12. The summed E-state index contributed by atoms with van der Waals surface area (Å²) in [5.41, 5.74) is 21.7. The molecule has 0 amide bonds. The van der Waals surface area contributed by atoms with Crippen LogP contribution in [0, 0.1) is 0 Å². The van der Waals surface area contributed by atoms with Crippen molar-refractivity contribution >= 4 is 28.4 Å². The molecule has 0 atom stereocenters. The minimum atomic E-state index is -0.669. The van der Waals surface area contributed by atoms with Crippen molar-refractivity contribution < 1.29 is 0 Å². The summed E-state index contributed by atoms with van der Waals surface area (Å²) in [5.74, 6) is 0. The molecule has 0 bridgehead atoms. The van der Waals surface area contributed by atoms with Gasteiger partial charge in [-0.1, -0.05) is 218 Å². The Morgan fingerprint density at radius 2 is 0.606 bits per heavy atom. The number of hydrogen-bond donors (Lipinski definition) is 0. The quantitative estimate of drug-likeness (QED) is 0.135. The molecule has 13 rings (SSSR count). The van der Waals surface area contributed by atoms with E-state index >= 15 is 0 Å². The van der Waals surface area contributed by atoms with Gasteiger partial charge in [-0.3, -0.25) is 0 Å². The predicted molar refractivity (Wildman–Crippen MR) is 296 cm³/mol. The maximum atomic E-state index is 2.58. The van der Waals surface area contributed by atoms with E-state index in [9.17, 15) is 0 Å². The Bertz CT molecular complexity index is 3610. The van der Waals surface area contributed by atoms with Crippen molar-refractivity contribution in [1.82, 2.24) is 0 Å². The second-order valence-corrected chi connectivity index (χ2v) is 18.8. The van der Waals surface area contributed by atoms with Crippen LogP contribution in [0.3, 0.4) is 0 Å². The fourth-order valence-corrected chi connectivity index (χ4v) is 12.1. The van der Waals surface area contributed by atoms with Crippen LogP contribution in [0.15, 0.2) is 285 Å². The zero-order chi connectivity index (χ0) is 47.4. The molecule has 0 spiro atoms. The number of fused-ring (bicyclic) bond motifs is 6. The normalized spacial score (nSPS) is 13.4. The Hall–Kier alpha value is -8.98. The smallest absolute Gasteiger partial charge is 0.0714 e. The lowest BCUT2D eigenvalue weighted by atomic mass is 9.66. The second kappa shape index (κ2) is 17.2. The van der Waals surface area contributed by atoms with E-state index in [-0.39, 0.29) is 0 Å². The van der Waals surface area contributed by atoms with Crippen molar-refractivity contribution in [3.05, 3.63) is 330 Å². The van der Waals surface area contributed by atoms with Crippen LogP contribution >= 0.6 is 0 Å². The third-order valence-electron chi connectivity index (χ3n) is 15.2. The summed E-state index contributed by atoms with van der Waals surface area (Å²) in [6, 6.07) is 106. The van der Waals surface area contributed by atoms with Gasteiger partial charge in [-0.25, -0.2) is 0 Å². The van der Waals surface area contributed by atoms with Crippen LogP contribution in [0.5, 0.6) is 0 Å². The molecular formula is C69H50N2. The molecule has 11 aromatic rings. The zero-order valence-corrected chi connectivity index (χ0v) is 39.5. The molecule has 0 aromatic heterocycles. The second-order valence-electron chi connectivity index (χ2n) is 18.8.